The Morgan fingerprint density at radius 2 is 1.67 bits per heavy atom. The molecule has 0 amide bonds. The molecule has 3 aromatic carbocycles. The number of carbonyl (C=O) groups is 1. The number of hydrogen-bond donors (Lipinski definition) is 1. The first-order valence-corrected chi connectivity index (χ1v) is 11.6. The molecule has 5 aromatic rings. The van der Waals surface area contributed by atoms with Crippen LogP contribution in [0.25, 0.3) is 22.3 Å². The van der Waals surface area contributed by atoms with Gasteiger partial charge in [-0.05, 0) is 11.6 Å². The Morgan fingerprint density at radius 3 is 2.42 bits per heavy atom. The monoisotopic (exact) mass is 450 g/mol. The molecule has 0 radical (unpaired) electrons. The second-order valence-corrected chi connectivity index (χ2v) is 8.66. The van der Waals surface area contributed by atoms with Gasteiger partial charge in [-0.3, -0.25) is 9.36 Å². The fourth-order valence-corrected chi connectivity index (χ4v) is 5.01. The lowest BCUT2D eigenvalue weighted by molar-refractivity contribution is 0.0991. The standard InChI is InChI=1S/C27H22N4OS/c1-2-17-31-26(20-13-7-4-8-14-20)29-30-27(31)33-25(19-11-5-3-6-12-19)24(32)22-18-28-23-16-10-9-15-21(22)23/h2-16,18,25,28H,1,17H2. The van der Waals surface area contributed by atoms with E-state index in [-0.39, 0.29) is 5.78 Å². The average Bonchev–Trinajstić information content (AvgIpc) is 3.48. The average molecular weight is 451 g/mol. The SMILES string of the molecule is C=CCn1c(SC(C(=O)c2c[nH]c3ccccc23)c2ccccc2)nnc1-c1ccccc1. The number of aromatic amines is 1. The van der Waals surface area contributed by atoms with Crippen molar-refractivity contribution < 1.29 is 4.79 Å². The molecule has 33 heavy (non-hydrogen) atoms. The summed E-state index contributed by atoms with van der Waals surface area (Å²) in [6.07, 6.45) is 3.62. The number of nitrogens with one attached hydrogen (secondary N) is 1. The first-order chi connectivity index (χ1) is 16.3. The van der Waals surface area contributed by atoms with E-state index in [1.807, 2.05) is 95.6 Å². The molecule has 1 N–H and O–H groups in total. The lowest BCUT2D eigenvalue weighted by Gasteiger charge is -2.16. The molecule has 0 saturated carbocycles. The van der Waals surface area contributed by atoms with Crippen LogP contribution in [0.4, 0.5) is 0 Å². The summed E-state index contributed by atoms with van der Waals surface area (Å²) in [6, 6.07) is 27.6. The van der Waals surface area contributed by atoms with Crippen molar-refractivity contribution in [3.63, 3.8) is 0 Å². The van der Waals surface area contributed by atoms with Crippen LogP contribution in [-0.2, 0) is 6.54 Å². The summed E-state index contributed by atoms with van der Waals surface area (Å²) in [6.45, 7) is 4.45. The highest BCUT2D eigenvalue weighted by molar-refractivity contribution is 8.00. The number of carbonyl (C=O) groups excluding carboxylic acids is 1. The van der Waals surface area contributed by atoms with Crippen LogP contribution in [0.15, 0.2) is 109 Å². The fraction of sp³-hybridized carbons (Fsp3) is 0.0741. The van der Waals surface area contributed by atoms with E-state index < -0.39 is 5.25 Å². The van der Waals surface area contributed by atoms with Gasteiger partial charge in [-0.2, -0.15) is 0 Å². The highest BCUT2D eigenvalue weighted by Crippen LogP contribution is 2.39. The van der Waals surface area contributed by atoms with Crippen LogP contribution < -0.4 is 0 Å². The molecular formula is C27H22N4OS. The van der Waals surface area contributed by atoms with Crippen LogP contribution >= 0.6 is 11.8 Å². The van der Waals surface area contributed by atoms with Crippen molar-refractivity contribution in [2.24, 2.45) is 0 Å². The van der Waals surface area contributed by atoms with E-state index in [2.05, 4.69) is 21.8 Å². The number of ketones is 1. The molecule has 162 valence electrons. The first-order valence-electron chi connectivity index (χ1n) is 10.7. The Hall–Kier alpha value is -3.90. The molecule has 5 rings (SSSR count). The minimum atomic E-state index is -0.471. The Morgan fingerprint density at radius 1 is 0.970 bits per heavy atom. The van der Waals surface area contributed by atoms with E-state index in [0.29, 0.717) is 17.3 Å². The largest absolute Gasteiger partial charge is 0.360 e. The topological polar surface area (TPSA) is 63.6 Å². The Balaban J connectivity index is 1.57. The van der Waals surface area contributed by atoms with E-state index in [0.717, 1.165) is 27.9 Å². The Labute approximate surface area is 196 Å². The number of allylic oxidation sites excluding steroid dienone is 1. The minimum Gasteiger partial charge on any atom is -0.360 e. The van der Waals surface area contributed by atoms with E-state index in [9.17, 15) is 4.79 Å². The number of H-pyrrole nitrogens is 1. The summed E-state index contributed by atoms with van der Waals surface area (Å²) in [5.74, 6) is 0.780. The zero-order valence-corrected chi connectivity index (χ0v) is 18.7. The molecule has 1 atom stereocenters. The lowest BCUT2D eigenvalue weighted by Crippen LogP contribution is -2.11. The second kappa shape index (κ2) is 9.30. The fourth-order valence-electron chi connectivity index (χ4n) is 3.89. The number of para-hydroxylation sites is 1. The number of fused-ring (bicyclic) bond motifs is 1. The zero-order chi connectivity index (χ0) is 22.6. The van der Waals surface area contributed by atoms with Crippen molar-refractivity contribution in [1.29, 1.82) is 0 Å². The van der Waals surface area contributed by atoms with Gasteiger partial charge in [-0.15, -0.1) is 16.8 Å². The van der Waals surface area contributed by atoms with Gasteiger partial charge in [-0.1, -0.05) is 96.7 Å². The highest BCUT2D eigenvalue weighted by atomic mass is 32.2. The van der Waals surface area contributed by atoms with E-state index in [1.54, 1.807) is 6.20 Å². The number of thioether (sulfide) groups is 1. The predicted molar refractivity (Wildman–Crippen MR) is 133 cm³/mol. The van der Waals surface area contributed by atoms with Crippen LogP contribution in [0.5, 0.6) is 0 Å². The maximum atomic E-state index is 13.9. The molecule has 2 heterocycles. The minimum absolute atomic E-state index is 0.0260. The summed E-state index contributed by atoms with van der Waals surface area (Å²) in [4.78, 5) is 17.1. The second-order valence-electron chi connectivity index (χ2n) is 7.59. The molecule has 0 fully saturated rings. The van der Waals surface area contributed by atoms with Gasteiger partial charge in [0.2, 0.25) is 0 Å². The number of hydrogen-bond acceptors (Lipinski definition) is 4. The summed E-state index contributed by atoms with van der Waals surface area (Å²) in [7, 11) is 0. The van der Waals surface area contributed by atoms with Crippen LogP contribution in [0.3, 0.4) is 0 Å². The van der Waals surface area contributed by atoms with Crippen molar-refractivity contribution in [2.75, 3.05) is 0 Å². The molecule has 0 saturated heterocycles. The summed E-state index contributed by atoms with van der Waals surface area (Å²) < 4.78 is 2.01. The molecule has 0 aliphatic carbocycles. The van der Waals surface area contributed by atoms with Crippen LogP contribution in [0, 0.1) is 0 Å². The quantitative estimate of drug-likeness (QED) is 0.170. The van der Waals surface area contributed by atoms with Gasteiger partial charge in [0.15, 0.2) is 16.8 Å². The first kappa shape index (κ1) is 21.0. The number of nitrogens with zero attached hydrogens (tertiary/aromatic N) is 3. The van der Waals surface area contributed by atoms with E-state index in [1.165, 1.54) is 11.8 Å². The van der Waals surface area contributed by atoms with Crippen molar-refractivity contribution in [1.82, 2.24) is 19.7 Å². The zero-order valence-electron chi connectivity index (χ0n) is 17.9. The van der Waals surface area contributed by atoms with Gasteiger partial charge in [0.1, 0.15) is 5.25 Å². The molecule has 5 nitrogen and oxygen atoms in total. The van der Waals surface area contributed by atoms with Crippen molar-refractivity contribution in [2.45, 2.75) is 17.0 Å². The molecule has 0 spiro atoms. The molecule has 2 aromatic heterocycles. The number of benzene rings is 3. The Bertz CT molecular complexity index is 1410. The summed E-state index contributed by atoms with van der Waals surface area (Å²) in [5.41, 5.74) is 3.51. The van der Waals surface area contributed by atoms with Crippen LogP contribution in [-0.4, -0.2) is 25.5 Å². The smallest absolute Gasteiger partial charge is 0.192 e. The predicted octanol–water partition coefficient (Wildman–Crippen LogP) is 6.33. The number of aromatic nitrogens is 4. The summed E-state index contributed by atoms with van der Waals surface area (Å²) in [5, 5.41) is 10.0. The molecular weight excluding hydrogens is 428 g/mol. The molecule has 1 unspecified atom stereocenters. The molecule has 0 bridgehead atoms. The van der Waals surface area contributed by atoms with Crippen LogP contribution in [0.1, 0.15) is 21.2 Å². The van der Waals surface area contributed by atoms with Crippen molar-refractivity contribution >= 4 is 28.4 Å². The summed E-state index contributed by atoms with van der Waals surface area (Å²) >= 11 is 1.42. The van der Waals surface area contributed by atoms with Crippen molar-refractivity contribution in [3.8, 4) is 11.4 Å². The highest BCUT2D eigenvalue weighted by Gasteiger charge is 2.28. The van der Waals surface area contributed by atoms with Gasteiger partial charge >= 0.3 is 0 Å². The number of Topliss-reactive ketones (excluding diaryl/α,β-unsaturated/α-hetero) is 1. The Kier molecular flexibility index (Phi) is 5.91. The maximum Gasteiger partial charge on any atom is 0.192 e. The molecule has 0 aliphatic rings. The normalized spacial score (nSPS) is 12.0. The van der Waals surface area contributed by atoms with E-state index in [4.69, 9.17) is 0 Å². The van der Waals surface area contributed by atoms with Crippen LogP contribution in [0.2, 0.25) is 0 Å². The van der Waals surface area contributed by atoms with Gasteiger partial charge < -0.3 is 4.98 Å². The van der Waals surface area contributed by atoms with Gasteiger partial charge in [0.05, 0.1) is 0 Å². The van der Waals surface area contributed by atoms with Gasteiger partial charge in [0.25, 0.3) is 0 Å². The van der Waals surface area contributed by atoms with Gasteiger partial charge in [0, 0.05) is 34.8 Å². The molecule has 0 aliphatic heterocycles. The third-order valence-corrected chi connectivity index (χ3v) is 6.71. The van der Waals surface area contributed by atoms with E-state index >= 15 is 0 Å². The molecule has 6 heteroatoms. The van der Waals surface area contributed by atoms with Gasteiger partial charge in [-0.25, -0.2) is 0 Å². The number of rotatable bonds is 8. The lowest BCUT2D eigenvalue weighted by atomic mass is 10.0. The third kappa shape index (κ3) is 4.13. The third-order valence-electron chi connectivity index (χ3n) is 5.48. The maximum absolute atomic E-state index is 13.9. The van der Waals surface area contributed by atoms with Crippen molar-refractivity contribution in [3.05, 3.63) is 115 Å².